The number of allylic oxidation sites excluding steroid dienone is 1. The van der Waals surface area contributed by atoms with E-state index in [2.05, 4.69) is 6.58 Å². The lowest BCUT2D eigenvalue weighted by Gasteiger charge is -2.16. The van der Waals surface area contributed by atoms with Crippen LogP contribution in [0, 0.1) is 5.92 Å². The van der Waals surface area contributed by atoms with Gasteiger partial charge in [-0.3, -0.25) is 0 Å². The Morgan fingerprint density at radius 3 is 2.50 bits per heavy atom. The fourth-order valence-electron chi connectivity index (χ4n) is 1.57. The summed E-state index contributed by atoms with van der Waals surface area (Å²) in [6.07, 6.45) is 0.538. The molecule has 0 amide bonds. The first-order valence-electron chi connectivity index (χ1n) is 4.25. The molecular formula is C9H15F2N. The second-order valence-electron chi connectivity index (χ2n) is 3.48. The summed E-state index contributed by atoms with van der Waals surface area (Å²) in [6, 6.07) is 0. The highest BCUT2D eigenvalue weighted by atomic mass is 19.3. The van der Waals surface area contributed by atoms with Crippen molar-refractivity contribution in [2.75, 3.05) is 13.1 Å². The molecule has 1 unspecified atom stereocenters. The zero-order valence-electron chi connectivity index (χ0n) is 7.61. The molecule has 0 aromatic carbocycles. The number of halogens is 2. The van der Waals surface area contributed by atoms with E-state index in [9.17, 15) is 8.78 Å². The fourth-order valence-corrected chi connectivity index (χ4v) is 1.57. The quantitative estimate of drug-likeness (QED) is 0.623. The summed E-state index contributed by atoms with van der Waals surface area (Å²) in [4.78, 5) is 1.66. The minimum atomic E-state index is -2.52. The number of alkyl halides is 2. The Labute approximate surface area is 72.1 Å². The molecule has 0 N–H and O–H groups in total. The van der Waals surface area contributed by atoms with E-state index in [0.29, 0.717) is 13.0 Å². The third-order valence-corrected chi connectivity index (χ3v) is 2.47. The molecule has 0 spiro atoms. The summed E-state index contributed by atoms with van der Waals surface area (Å²) in [5.74, 6) is -3.01. The normalized spacial score (nSPS) is 27.7. The molecule has 3 heteroatoms. The Hall–Kier alpha value is -0.600. The Morgan fingerprint density at radius 2 is 2.25 bits per heavy atom. The molecule has 0 radical (unpaired) electrons. The summed E-state index contributed by atoms with van der Waals surface area (Å²) in [5.41, 5.74) is 0.741. The van der Waals surface area contributed by atoms with Crippen molar-refractivity contribution in [1.82, 2.24) is 4.90 Å². The van der Waals surface area contributed by atoms with E-state index in [0.717, 1.165) is 5.70 Å². The van der Waals surface area contributed by atoms with Gasteiger partial charge in [0.15, 0.2) is 0 Å². The highest BCUT2D eigenvalue weighted by Gasteiger charge is 2.46. The lowest BCUT2D eigenvalue weighted by molar-refractivity contribution is -0.0265. The number of hydrogen-bond acceptors (Lipinski definition) is 1. The van der Waals surface area contributed by atoms with E-state index in [1.165, 1.54) is 0 Å². The molecule has 0 aromatic rings. The third-order valence-electron chi connectivity index (χ3n) is 2.47. The summed E-state index contributed by atoms with van der Waals surface area (Å²) in [7, 11) is 0. The molecule has 0 aromatic heterocycles. The van der Waals surface area contributed by atoms with Gasteiger partial charge in [-0.1, -0.05) is 13.5 Å². The molecule has 1 saturated heterocycles. The van der Waals surface area contributed by atoms with Crippen molar-refractivity contribution in [3.63, 3.8) is 0 Å². The first-order chi connectivity index (χ1) is 5.47. The maximum atomic E-state index is 13.1. The van der Waals surface area contributed by atoms with Crippen LogP contribution in [0.5, 0.6) is 0 Å². The van der Waals surface area contributed by atoms with Crippen LogP contribution in [-0.4, -0.2) is 23.9 Å². The number of likely N-dealkylation sites (tertiary alicyclic amines) is 1. The number of nitrogens with zero attached hydrogens (tertiary/aromatic N) is 1. The molecule has 1 atom stereocenters. The van der Waals surface area contributed by atoms with Crippen LogP contribution in [0.25, 0.3) is 0 Å². The average molecular weight is 175 g/mol. The van der Waals surface area contributed by atoms with Crippen LogP contribution in [0.3, 0.4) is 0 Å². The average Bonchev–Trinajstić information content (AvgIpc) is 2.25. The van der Waals surface area contributed by atoms with Crippen LogP contribution in [0.1, 0.15) is 20.3 Å². The molecular weight excluding hydrogens is 160 g/mol. The second-order valence-corrected chi connectivity index (χ2v) is 3.48. The Morgan fingerprint density at radius 1 is 1.67 bits per heavy atom. The van der Waals surface area contributed by atoms with Gasteiger partial charge >= 0.3 is 0 Å². The standard InChI is InChI=1S/C9H15F2N/c1-4-8-5-12(7(2)3)6-9(8,10)11/h8H,2,4-6H2,1,3H3. The van der Waals surface area contributed by atoms with Crippen LogP contribution < -0.4 is 0 Å². The monoisotopic (exact) mass is 175 g/mol. The molecule has 0 aliphatic carbocycles. The van der Waals surface area contributed by atoms with Crippen LogP contribution in [0.2, 0.25) is 0 Å². The largest absolute Gasteiger partial charge is 0.369 e. The first-order valence-corrected chi connectivity index (χ1v) is 4.25. The van der Waals surface area contributed by atoms with Gasteiger partial charge in [0.05, 0.1) is 6.54 Å². The van der Waals surface area contributed by atoms with Crippen molar-refractivity contribution in [3.8, 4) is 0 Å². The van der Waals surface area contributed by atoms with Gasteiger partial charge in [-0.15, -0.1) is 0 Å². The Bertz CT molecular complexity index is 189. The smallest absolute Gasteiger partial charge is 0.269 e. The van der Waals surface area contributed by atoms with Crippen molar-refractivity contribution in [3.05, 3.63) is 12.3 Å². The van der Waals surface area contributed by atoms with E-state index in [-0.39, 0.29) is 6.54 Å². The van der Waals surface area contributed by atoms with Gasteiger partial charge in [-0.25, -0.2) is 8.78 Å². The number of rotatable bonds is 2. The third kappa shape index (κ3) is 1.59. The van der Waals surface area contributed by atoms with Crippen LogP contribution in [0.15, 0.2) is 12.3 Å². The molecule has 1 rings (SSSR count). The van der Waals surface area contributed by atoms with E-state index < -0.39 is 11.8 Å². The zero-order chi connectivity index (χ0) is 9.35. The van der Waals surface area contributed by atoms with E-state index in [1.54, 1.807) is 18.7 Å². The van der Waals surface area contributed by atoms with Crippen molar-refractivity contribution in [2.24, 2.45) is 5.92 Å². The summed E-state index contributed by atoms with van der Waals surface area (Å²) >= 11 is 0. The van der Waals surface area contributed by atoms with Crippen molar-refractivity contribution >= 4 is 0 Å². The molecule has 1 aliphatic rings. The van der Waals surface area contributed by atoms with E-state index in [1.807, 2.05) is 0 Å². The molecule has 70 valence electrons. The van der Waals surface area contributed by atoms with Gasteiger partial charge in [-0.2, -0.15) is 0 Å². The maximum absolute atomic E-state index is 13.1. The molecule has 12 heavy (non-hydrogen) atoms. The van der Waals surface area contributed by atoms with Gasteiger partial charge in [0.2, 0.25) is 0 Å². The fraction of sp³-hybridized carbons (Fsp3) is 0.778. The molecule has 1 aliphatic heterocycles. The van der Waals surface area contributed by atoms with Gasteiger partial charge in [0.25, 0.3) is 5.92 Å². The second kappa shape index (κ2) is 3.04. The van der Waals surface area contributed by atoms with E-state index >= 15 is 0 Å². The van der Waals surface area contributed by atoms with Gasteiger partial charge in [0.1, 0.15) is 0 Å². The predicted octanol–water partition coefficient (Wildman–Crippen LogP) is 2.50. The highest BCUT2D eigenvalue weighted by Crippen LogP contribution is 2.36. The Kier molecular flexibility index (Phi) is 2.40. The molecule has 0 bridgehead atoms. The van der Waals surface area contributed by atoms with Crippen molar-refractivity contribution < 1.29 is 8.78 Å². The molecule has 0 saturated carbocycles. The molecule has 1 fully saturated rings. The SMILES string of the molecule is C=C(C)N1CC(CC)C(F)(F)C1. The summed E-state index contributed by atoms with van der Waals surface area (Å²) in [5, 5.41) is 0. The maximum Gasteiger partial charge on any atom is 0.269 e. The van der Waals surface area contributed by atoms with Gasteiger partial charge in [-0.05, 0) is 13.3 Å². The van der Waals surface area contributed by atoms with Gasteiger partial charge < -0.3 is 4.90 Å². The predicted molar refractivity (Wildman–Crippen MR) is 45.1 cm³/mol. The topological polar surface area (TPSA) is 3.24 Å². The Balaban J connectivity index is 2.66. The first kappa shape index (κ1) is 9.49. The van der Waals surface area contributed by atoms with Gasteiger partial charge in [0, 0.05) is 18.2 Å². The van der Waals surface area contributed by atoms with Crippen LogP contribution in [0.4, 0.5) is 8.78 Å². The van der Waals surface area contributed by atoms with Crippen LogP contribution in [-0.2, 0) is 0 Å². The lowest BCUT2D eigenvalue weighted by Crippen LogP contribution is -2.26. The summed E-state index contributed by atoms with van der Waals surface area (Å²) in [6.45, 7) is 7.55. The summed E-state index contributed by atoms with van der Waals surface area (Å²) < 4.78 is 26.3. The van der Waals surface area contributed by atoms with Crippen molar-refractivity contribution in [1.29, 1.82) is 0 Å². The van der Waals surface area contributed by atoms with E-state index in [4.69, 9.17) is 0 Å². The molecule has 1 heterocycles. The van der Waals surface area contributed by atoms with Crippen molar-refractivity contribution in [2.45, 2.75) is 26.2 Å². The number of hydrogen-bond donors (Lipinski definition) is 0. The van der Waals surface area contributed by atoms with Crippen LogP contribution >= 0.6 is 0 Å². The zero-order valence-corrected chi connectivity index (χ0v) is 7.61. The lowest BCUT2D eigenvalue weighted by atomic mass is 10.0. The highest BCUT2D eigenvalue weighted by molar-refractivity contribution is 4.99. The minimum Gasteiger partial charge on any atom is -0.369 e. The molecule has 1 nitrogen and oxygen atoms in total. The minimum absolute atomic E-state index is 0.152.